The molecule has 0 aliphatic carbocycles. The summed E-state index contributed by atoms with van der Waals surface area (Å²) in [6.07, 6.45) is 0.836. The van der Waals surface area contributed by atoms with Crippen molar-refractivity contribution in [3.8, 4) is 5.75 Å². The Morgan fingerprint density at radius 1 is 1.09 bits per heavy atom. The molecule has 0 N–H and O–H groups in total. The average molecular weight is 309 g/mol. The highest BCUT2D eigenvalue weighted by Crippen LogP contribution is 2.30. The zero-order valence-electron chi connectivity index (χ0n) is 12.9. The molecule has 0 atom stereocenters. The van der Waals surface area contributed by atoms with Crippen LogP contribution >= 0.6 is 0 Å². The van der Waals surface area contributed by atoms with Crippen molar-refractivity contribution in [2.24, 2.45) is 0 Å². The first kappa shape index (κ1) is 14.3. The van der Waals surface area contributed by atoms with Crippen molar-refractivity contribution in [3.63, 3.8) is 0 Å². The SMILES string of the molecule is O=C1c2cccc(OCc3ccccc3)c2CCN1C1COC1. The monoisotopic (exact) mass is 309 g/mol. The van der Waals surface area contributed by atoms with Gasteiger partial charge >= 0.3 is 0 Å². The molecule has 4 rings (SSSR count). The van der Waals surface area contributed by atoms with Gasteiger partial charge in [0.25, 0.3) is 5.91 Å². The highest BCUT2D eigenvalue weighted by atomic mass is 16.5. The number of amides is 1. The maximum absolute atomic E-state index is 12.7. The zero-order chi connectivity index (χ0) is 15.6. The number of fused-ring (bicyclic) bond motifs is 1. The Morgan fingerprint density at radius 3 is 2.65 bits per heavy atom. The van der Waals surface area contributed by atoms with E-state index < -0.39 is 0 Å². The predicted molar refractivity (Wildman–Crippen MR) is 86.6 cm³/mol. The molecule has 2 aliphatic heterocycles. The van der Waals surface area contributed by atoms with E-state index in [9.17, 15) is 4.79 Å². The third-order valence-electron chi connectivity index (χ3n) is 4.53. The second kappa shape index (κ2) is 6.05. The molecule has 4 nitrogen and oxygen atoms in total. The standard InChI is InChI=1S/C19H19NO3/c21-19-17-7-4-8-18(23-11-14-5-2-1-3-6-14)16(17)9-10-20(19)15-12-22-13-15/h1-8,15H,9-13H2. The minimum atomic E-state index is 0.102. The Kier molecular flexibility index (Phi) is 3.75. The van der Waals surface area contributed by atoms with Crippen LogP contribution in [-0.4, -0.2) is 36.6 Å². The first-order chi connectivity index (χ1) is 11.3. The molecule has 2 aliphatic rings. The molecule has 0 saturated carbocycles. The summed E-state index contributed by atoms with van der Waals surface area (Å²) in [6.45, 7) is 2.58. The molecule has 0 aromatic heterocycles. The van der Waals surface area contributed by atoms with E-state index in [0.29, 0.717) is 19.8 Å². The molecule has 0 unspecified atom stereocenters. The van der Waals surface area contributed by atoms with Crippen LogP contribution in [0.25, 0.3) is 0 Å². The lowest BCUT2D eigenvalue weighted by molar-refractivity contribution is -0.0549. The molecular formula is C19H19NO3. The van der Waals surface area contributed by atoms with Gasteiger partial charge in [-0.15, -0.1) is 0 Å². The van der Waals surface area contributed by atoms with Crippen molar-refractivity contribution >= 4 is 5.91 Å². The average Bonchev–Trinajstić information content (AvgIpc) is 2.55. The van der Waals surface area contributed by atoms with E-state index in [2.05, 4.69) is 0 Å². The van der Waals surface area contributed by atoms with Gasteiger partial charge in [0.2, 0.25) is 0 Å². The third-order valence-corrected chi connectivity index (χ3v) is 4.53. The van der Waals surface area contributed by atoms with Crippen LogP contribution in [0.1, 0.15) is 21.5 Å². The molecule has 118 valence electrons. The van der Waals surface area contributed by atoms with Gasteiger partial charge in [0, 0.05) is 17.7 Å². The topological polar surface area (TPSA) is 38.8 Å². The highest BCUT2D eigenvalue weighted by Gasteiger charge is 2.34. The van der Waals surface area contributed by atoms with Crippen molar-refractivity contribution in [2.45, 2.75) is 19.1 Å². The fraction of sp³-hybridized carbons (Fsp3) is 0.316. The van der Waals surface area contributed by atoms with Crippen molar-refractivity contribution in [1.82, 2.24) is 4.90 Å². The molecule has 1 amide bonds. The van der Waals surface area contributed by atoms with Crippen molar-refractivity contribution in [2.75, 3.05) is 19.8 Å². The van der Waals surface area contributed by atoms with Gasteiger partial charge in [-0.05, 0) is 24.1 Å². The second-order valence-corrected chi connectivity index (χ2v) is 6.00. The van der Waals surface area contributed by atoms with Gasteiger partial charge < -0.3 is 14.4 Å². The summed E-state index contributed by atoms with van der Waals surface area (Å²) in [5.41, 5.74) is 2.93. The number of hydrogen-bond donors (Lipinski definition) is 0. The van der Waals surface area contributed by atoms with E-state index in [-0.39, 0.29) is 11.9 Å². The number of rotatable bonds is 4. The summed E-state index contributed by atoms with van der Waals surface area (Å²) in [5, 5.41) is 0. The Labute approximate surface area is 135 Å². The van der Waals surface area contributed by atoms with Gasteiger partial charge in [0.1, 0.15) is 12.4 Å². The molecule has 0 radical (unpaired) electrons. The van der Waals surface area contributed by atoms with Crippen molar-refractivity contribution < 1.29 is 14.3 Å². The van der Waals surface area contributed by atoms with Gasteiger partial charge in [0.15, 0.2) is 0 Å². The lowest BCUT2D eigenvalue weighted by Gasteiger charge is -2.40. The number of hydrogen-bond acceptors (Lipinski definition) is 3. The number of nitrogens with zero attached hydrogens (tertiary/aromatic N) is 1. The van der Waals surface area contributed by atoms with E-state index in [1.165, 1.54) is 0 Å². The Hall–Kier alpha value is -2.33. The van der Waals surface area contributed by atoms with E-state index >= 15 is 0 Å². The summed E-state index contributed by atoms with van der Waals surface area (Å²) in [5.74, 6) is 0.925. The minimum Gasteiger partial charge on any atom is -0.489 e. The van der Waals surface area contributed by atoms with Gasteiger partial charge in [-0.2, -0.15) is 0 Å². The summed E-state index contributed by atoms with van der Waals surface area (Å²) < 4.78 is 11.2. The highest BCUT2D eigenvalue weighted by molar-refractivity contribution is 5.97. The quantitative estimate of drug-likeness (QED) is 0.871. The van der Waals surface area contributed by atoms with Crippen LogP contribution in [0.4, 0.5) is 0 Å². The van der Waals surface area contributed by atoms with Crippen LogP contribution in [0.15, 0.2) is 48.5 Å². The Morgan fingerprint density at radius 2 is 1.91 bits per heavy atom. The van der Waals surface area contributed by atoms with Gasteiger partial charge in [-0.1, -0.05) is 36.4 Å². The maximum Gasteiger partial charge on any atom is 0.254 e. The summed E-state index contributed by atoms with van der Waals surface area (Å²) in [7, 11) is 0. The normalized spacial score (nSPS) is 17.6. The maximum atomic E-state index is 12.7. The number of carbonyl (C=O) groups is 1. The molecule has 0 bridgehead atoms. The van der Waals surface area contributed by atoms with Crippen LogP contribution in [0.2, 0.25) is 0 Å². The lowest BCUT2D eigenvalue weighted by atomic mass is 9.96. The fourth-order valence-electron chi connectivity index (χ4n) is 3.13. The predicted octanol–water partition coefficient (Wildman–Crippen LogP) is 2.66. The Balaban J connectivity index is 1.54. The molecule has 1 saturated heterocycles. The van der Waals surface area contributed by atoms with Crippen LogP contribution < -0.4 is 4.74 Å². The molecule has 4 heteroatoms. The fourth-order valence-corrected chi connectivity index (χ4v) is 3.13. The first-order valence-corrected chi connectivity index (χ1v) is 8.00. The summed E-state index contributed by atoms with van der Waals surface area (Å²) >= 11 is 0. The minimum absolute atomic E-state index is 0.102. The third kappa shape index (κ3) is 2.70. The first-order valence-electron chi connectivity index (χ1n) is 8.00. The van der Waals surface area contributed by atoms with Crippen LogP contribution in [0.5, 0.6) is 5.75 Å². The summed E-state index contributed by atoms with van der Waals surface area (Å²) in [4.78, 5) is 14.6. The molecule has 2 heterocycles. The van der Waals surface area contributed by atoms with E-state index in [4.69, 9.17) is 9.47 Å². The van der Waals surface area contributed by atoms with Gasteiger partial charge in [-0.25, -0.2) is 0 Å². The molecule has 0 spiro atoms. The number of benzene rings is 2. The van der Waals surface area contributed by atoms with Crippen molar-refractivity contribution in [3.05, 3.63) is 65.2 Å². The largest absolute Gasteiger partial charge is 0.489 e. The zero-order valence-corrected chi connectivity index (χ0v) is 12.9. The molecule has 2 aromatic carbocycles. The van der Waals surface area contributed by atoms with E-state index in [1.54, 1.807) is 0 Å². The smallest absolute Gasteiger partial charge is 0.254 e. The van der Waals surface area contributed by atoms with Crippen LogP contribution in [-0.2, 0) is 17.8 Å². The number of ether oxygens (including phenoxy) is 2. The van der Waals surface area contributed by atoms with E-state index in [1.807, 2.05) is 53.4 Å². The lowest BCUT2D eigenvalue weighted by Crippen LogP contribution is -2.54. The van der Waals surface area contributed by atoms with E-state index in [0.717, 1.165) is 35.4 Å². The van der Waals surface area contributed by atoms with Gasteiger partial charge in [-0.3, -0.25) is 4.79 Å². The molecule has 2 aromatic rings. The van der Waals surface area contributed by atoms with Crippen molar-refractivity contribution in [1.29, 1.82) is 0 Å². The molecular weight excluding hydrogens is 290 g/mol. The Bertz CT molecular complexity index is 710. The number of carbonyl (C=O) groups excluding carboxylic acids is 1. The second-order valence-electron chi connectivity index (χ2n) is 6.00. The molecule has 1 fully saturated rings. The van der Waals surface area contributed by atoms with Gasteiger partial charge in [0.05, 0.1) is 19.3 Å². The molecule has 23 heavy (non-hydrogen) atoms. The van der Waals surface area contributed by atoms with Crippen LogP contribution in [0.3, 0.4) is 0 Å². The van der Waals surface area contributed by atoms with Crippen LogP contribution in [0, 0.1) is 0 Å². The summed E-state index contributed by atoms with van der Waals surface area (Å²) in [6, 6.07) is 16.1.